The van der Waals surface area contributed by atoms with Crippen molar-refractivity contribution >= 4 is 23.7 Å². The van der Waals surface area contributed by atoms with Gasteiger partial charge in [-0.25, -0.2) is 0 Å². The highest BCUT2D eigenvalue weighted by atomic mass is 16.1. The average Bonchev–Trinajstić information content (AvgIpc) is 3.31. The fraction of sp³-hybridized carbons (Fsp3) is 0.276. The molecule has 2 aromatic carbocycles. The molecule has 0 bridgehead atoms. The van der Waals surface area contributed by atoms with Crippen LogP contribution in [0.4, 0.5) is 11.5 Å². The Kier molecular flexibility index (Phi) is 16.4. The molecule has 0 saturated carbocycles. The van der Waals surface area contributed by atoms with Crippen LogP contribution in [0.25, 0.3) is 11.3 Å². The van der Waals surface area contributed by atoms with Crippen molar-refractivity contribution in [3.8, 4) is 11.3 Å². The van der Waals surface area contributed by atoms with Crippen molar-refractivity contribution in [2.75, 3.05) is 17.7 Å². The topological polar surface area (TPSA) is 76.0 Å². The number of nitrogens with one attached hydrogen (secondary N) is 2. The second kappa shape index (κ2) is 18.5. The first-order valence-corrected chi connectivity index (χ1v) is 11.9. The molecular formula is C29H40N4O2. The van der Waals surface area contributed by atoms with Gasteiger partial charge < -0.3 is 10.6 Å². The van der Waals surface area contributed by atoms with Gasteiger partial charge in [-0.2, -0.15) is 5.10 Å². The SMILES string of the molecule is C/C=C\C(=C/C)C(=O)Nc1ccc(-c2cc(NC)n(C)n2)cc1.CC.CC.O=Cc1ccccc1. The number of anilines is 2. The number of nitrogens with zero attached hydrogens (tertiary/aromatic N) is 2. The minimum atomic E-state index is -0.117. The summed E-state index contributed by atoms with van der Waals surface area (Å²) in [6.45, 7) is 11.7. The first kappa shape index (κ1) is 31.1. The van der Waals surface area contributed by atoms with Gasteiger partial charge in [0.1, 0.15) is 12.1 Å². The minimum absolute atomic E-state index is 0.117. The summed E-state index contributed by atoms with van der Waals surface area (Å²) in [6, 6.07) is 18.7. The number of aromatic nitrogens is 2. The molecule has 2 N–H and O–H groups in total. The fourth-order valence-corrected chi connectivity index (χ4v) is 2.78. The zero-order valence-electron chi connectivity index (χ0n) is 22.3. The Hall–Kier alpha value is -3.93. The Labute approximate surface area is 210 Å². The van der Waals surface area contributed by atoms with Crippen molar-refractivity contribution in [1.29, 1.82) is 0 Å². The summed E-state index contributed by atoms with van der Waals surface area (Å²) >= 11 is 0. The molecular weight excluding hydrogens is 436 g/mol. The molecule has 0 aliphatic rings. The van der Waals surface area contributed by atoms with Crippen LogP contribution >= 0.6 is 0 Å². The lowest BCUT2D eigenvalue weighted by Gasteiger charge is -2.06. The number of aldehydes is 1. The number of hydrogen-bond donors (Lipinski definition) is 2. The Morgan fingerprint density at radius 1 is 0.943 bits per heavy atom. The predicted molar refractivity (Wildman–Crippen MR) is 150 cm³/mol. The van der Waals surface area contributed by atoms with Crippen LogP contribution < -0.4 is 10.6 Å². The maximum Gasteiger partial charge on any atom is 0.255 e. The third-order valence-electron chi connectivity index (χ3n) is 4.43. The summed E-state index contributed by atoms with van der Waals surface area (Å²) in [5.41, 5.74) is 4.01. The van der Waals surface area contributed by atoms with E-state index < -0.39 is 0 Å². The van der Waals surface area contributed by atoms with Crippen molar-refractivity contribution in [3.63, 3.8) is 0 Å². The van der Waals surface area contributed by atoms with E-state index in [0.717, 1.165) is 34.6 Å². The molecule has 188 valence electrons. The molecule has 6 nitrogen and oxygen atoms in total. The van der Waals surface area contributed by atoms with Gasteiger partial charge in [0.15, 0.2) is 0 Å². The van der Waals surface area contributed by atoms with Crippen LogP contribution in [0.15, 0.2) is 84.5 Å². The molecule has 1 aromatic heterocycles. The van der Waals surface area contributed by atoms with Crippen molar-refractivity contribution in [2.24, 2.45) is 7.05 Å². The van der Waals surface area contributed by atoms with Gasteiger partial charge >= 0.3 is 0 Å². The van der Waals surface area contributed by atoms with Gasteiger partial charge in [0.05, 0.1) is 5.69 Å². The highest BCUT2D eigenvalue weighted by Crippen LogP contribution is 2.23. The first-order chi connectivity index (χ1) is 17.0. The Bertz CT molecular complexity index is 1050. The van der Waals surface area contributed by atoms with E-state index in [-0.39, 0.29) is 5.91 Å². The van der Waals surface area contributed by atoms with E-state index in [0.29, 0.717) is 5.57 Å². The number of allylic oxidation sites excluding steroid dienone is 2. The zero-order chi connectivity index (χ0) is 26.6. The van der Waals surface area contributed by atoms with Gasteiger partial charge in [0.25, 0.3) is 5.91 Å². The van der Waals surface area contributed by atoms with Crippen LogP contribution in [0.1, 0.15) is 51.9 Å². The maximum absolute atomic E-state index is 12.1. The largest absolute Gasteiger partial charge is 0.373 e. The fourth-order valence-electron chi connectivity index (χ4n) is 2.78. The molecule has 0 saturated heterocycles. The average molecular weight is 477 g/mol. The predicted octanol–water partition coefficient (Wildman–Crippen LogP) is 7.14. The molecule has 0 spiro atoms. The highest BCUT2D eigenvalue weighted by Gasteiger charge is 2.08. The summed E-state index contributed by atoms with van der Waals surface area (Å²) < 4.78 is 1.79. The standard InChI is InChI=1S/C18H22N4O.C7H6O.2C2H6/c1-5-7-13(6-2)18(23)20-15-10-8-14(9-11-15)16-12-17(19-3)22(4)21-16;8-6-7-4-2-1-3-5-7;2*1-2/h5-12,19H,1-4H3,(H,20,23);1-6H;2*1-2H3/b7-5-,13-6+;;;. The molecule has 0 unspecified atom stereocenters. The number of benzene rings is 2. The van der Waals surface area contributed by atoms with E-state index >= 15 is 0 Å². The Morgan fingerprint density at radius 2 is 1.54 bits per heavy atom. The number of carbonyl (C=O) groups is 2. The van der Waals surface area contributed by atoms with Gasteiger partial charge in [-0.15, -0.1) is 0 Å². The monoisotopic (exact) mass is 476 g/mol. The molecule has 3 rings (SSSR count). The van der Waals surface area contributed by atoms with Crippen molar-refractivity contribution in [1.82, 2.24) is 9.78 Å². The number of amides is 1. The lowest BCUT2D eigenvalue weighted by molar-refractivity contribution is -0.112. The molecule has 3 aromatic rings. The number of rotatable bonds is 6. The van der Waals surface area contributed by atoms with Crippen molar-refractivity contribution < 1.29 is 9.59 Å². The maximum atomic E-state index is 12.1. The molecule has 0 aliphatic heterocycles. The zero-order valence-corrected chi connectivity index (χ0v) is 22.3. The smallest absolute Gasteiger partial charge is 0.255 e. The second-order valence-corrected chi connectivity index (χ2v) is 6.59. The molecule has 1 heterocycles. The third-order valence-corrected chi connectivity index (χ3v) is 4.43. The van der Waals surface area contributed by atoms with Crippen LogP contribution in [0.5, 0.6) is 0 Å². The van der Waals surface area contributed by atoms with Crippen LogP contribution in [0.2, 0.25) is 0 Å². The van der Waals surface area contributed by atoms with Crippen molar-refractivity contribution in [3.05, 3.63) is 90.0 Å². The summed E-state index contributed by atoms with van der Waals surface area (Å²) in [6.07, 6.45) is 6.26. The third kappa shape index (κ3) is 10.7. The van der Waals surface area contributed by atoms with Crippen LogP contribution in [0.3, 0.4) is 0 Å². The lowest BCUT2D eigenvalue weighted by atomic mass is 10.1. The summed E-state index contributed by atoms with van der Waals surface area (Å²) in [4.78, 5) is 22.1. The van der Waals surface area contributed by atoms with E-state index in [4.69, 9.17) is 0 Å². The number of aryl methyl sites for hydroxylation is 1. The second-order valence-electron chi connectivity index (χ2n) is 6.59. The van der Waals surface area contributed by atoms with Gasteiger partial charge in [-0.05, 0) is 26.0 Å². The summed E-state index contributed by atoms with van der Waals surface area (Å²) in [5, 5.41) is 10.4. The molecule has 0 radical (unpaired) electrons. The normalized spacial score (nSPS) is 10.0. The number of hydrogen-bond acceptors (Lipinski definition) is 4. The molecule has 6 heteroatoms. The van der Waals surface area contributed by atoms with E-state index in [2.05, 4.69) is 15.7 Å². The van der Waals surface area contributed by atoms with Gasteiger partial charge in [0, 0.05) is 42.5 Å². The quantitative estimate of drug-likeness (QED) is 0.225. The highest BCUT2D eigenvalue weighted by molar-refractivity contribution is 6.05. The van der Waals surface area contributed by atoms with Crippen LogP contribution in [-0.2, 0) is 11.8 Å². The molecule has 35 heavy (non-hydrogen) atoms. The van der Waals surface area contributed by atoms with Gasteiger partial charge in [-0.3, -0.25) is 14.3 Å². The Morgan fingerprint density at radius 3 is 1.97 bits per heavy atom. The lowest BCUT2D eigenvalue weighted by Crippen LogP contribution is -2.13. The molecule has 0 atom stereocenters. The molecule has 0 aliphatic carbocycles. The van der Waals surface area contributed by atoms with Crippen molar-refractivity contribution in [2.45, 2.75) is 41.5 Å². The van der Waals surface area contributed by atoms with E-state index in [1.807, 2.05) is 110 Å². The summed E-state index contributed by atoms with van der Waals surface area (Å²) in [7, 11) is 3.76. The molecule has 1 amide bonds. The van der Waals surface area contributed by atoms with Gasteiger partial charge in [0.2, 0.25) is 0 Å². The Balaban J connectivity index is 0.000000801. The minimum Gasteiger partial charge on any atom is -0.373 e. The van der Waals surface area contributed by atoms with Crippen LogP contribution in [-0.4, -0.2) is 29.0 Å². The van der Waals surface area contributed by atoms with Crippen LogP contribution in [0, 0.1) is 0 Å². The van der Waals surface area contributed by atoms with E-state index in [1.54, 1.807) is 29.0 Å². The van der Waals surface area contributed by atoms with E-state index in [9.17, 15) is 9.59 Å². The van der Waals surface area contributed by atoms with Gasteiger partial charge in [-0.1, -0.05) is 88.4 Å². The van der Waals surface area contributed by atoms with E-state index in [1.165, 1.54) is 0 Å². The number of carbonyl (C=O) groups excluding carboxylic acids is 2. The summed E-state index contributed by atoms with van der Waals surface area (Å²) in [5.74, 6) is 0.829. The first-order valence-electron chi connectivity index (χ1n) is 11.9. The molecule has 0 fully saturated rings.